The monoisotopic (exact) mass is 329 g/mol. The zero-order valence-corrected chi connectivity index (χ0v) is 13.3. The molecule has 3 heterocycles. The smallest absolute Gasteiger partial charge is 0.294 e. The summed E-state index contributed by atoms with van der Waals surface area (Å²) in [6, 6.07) is 7.02. The van der Waals surface area contributed by atoms with Crippen LogP contribution in [0.2, 0.25) is 0 Å². The van der Waals surface area contributed by atoms with Gasteiger partial charge in [-0.3, -0.25) is 9.59 Å². The lowest BCUT2D eigenvalue weighted by molar-refractivity contribution is 0.0948. The molecule has 3 aromatic heterocycles. The minimum atomic E-state index is -0.201. The van der Waals surface area contributed by atoms with E-state index in [9.17, 15) is 9.59 Å². The third kappa shape index (κ3) is 3.14. The zero-order chi connectivity index (χ0) is 16.2. The summed E-state index contributed by atoms with van der Waals surface area (Å²) in [4.78, 5) is 28.5. The molecular weight excluding hydrogens is 314 g/mol. The predicted octanol–water partition coefficient (Wildman–Crippen LogP) is 2.14. The Kier molecular flexibility index (Phi) is 4.47. The Morgan fingerprint density at radius 3 is 3.09 bits per heavy atom. The topological polar surface area (TPSA) is 77.1 Å². The molecule has 0 aliphatic heterocycles. The van der Waals surface area contributed by atoms with E-state index in [1.54, 1.807) is 30.6 Å². The van der Waals surface area contributed by atoms with Crippen LogP contribution in [0.3, 0.4) is 0 Å². The van der Waals surface area contributed by atoms with Gasteiger partial charge in [-0.25, -0.2) is 4.98 Å². The number of fused-ring (bicyclic) bond motifs is 1. The van der Waals surface area contributed by atoms with E-state index < -0.39 is 0 Å². The highest BCUT2D eigenvalue weighted by Gasteiger charge is 2.11. The first kappa shape index (κ1) is 15.4. The van der Waals surface area contributed by atoms with Crippen molar-refractivity contribution in [3.05, 3.63) is 58.8 Å². The number of amides is 1. The highest BCUT2D eigenvalue weighted by atomic mass is 32.2. The molecule has 0 aliphatic carbocycles. The van der Waals surface area contributed by atoms with Crippen molar-refractivity contribution in [2.45, 2.75) is 11.6 Å². The van der Waals surface area contributed by atoms with Crippen LogP contribution in [0.4, 0.5) is 0 Å². The molecule has 23 heavy (non-hydrogen) atoms. The molecule has 0 radical (unpaired) electrons. The van der Waals surface area contributed by atoms with Crippen LogP contribution in [0.25, 0.3) is 11.0 Å². The van der Waals surface area contributed by atoms with Gasteiger partial charge in [0.15, 0.2) is 5.58 Å². The Balaban J connectivity index is 1.67. The van der Waals surface area contributed by atoms with Crippen LogP contribution in [-0.2, 0) is 6.54 Å². The summed E-state index contributed by atoms with van der Waals surface area (Å²) in [5.74, 6) is -0.199. The zero-order valence-electron chi connectivity index (χ0n) is 12.5. The number of hydrogen-bond donors (Lipinski definition) is 1. The van der Waals surface area contributed by atoms with Crippen LogP contribution in [-0.4, -0.2) is 28.3 Å². The van der Waals surface area contributed by atoms with Crippen LogP contribution in [0.15, 0.2) is 57.2 Å². The van der Waals surface area contributed by atoms with E-state index in [1.807, 2.05) is 12.3 Å². The molecule has 3 rings (SSSR count). The number of carbonyl (C=O) groups is 1. The summed E-state index contributed by atoms with van der Waals surface area (Å²) < 4.78 is 6.70. The van der Waals surface area contributed by atoms with E-state index in [-0.39, 0.29) is 11.5 Å². The molecular formula is C16H15N3O3S. The maximum atomic E-state index is 12.2. The molecule has 0 unspecified atom stereocenters. The number of thioether (sulfide) groups is 1. The van der Waals surface area contributed by atoms with Crippen molar-refractivity contribution >= 4 is 28.6 Å². The molecule has 6 nitrogen and oxygen atoms in total. The maximum Gasteiger partial charge on any atom is 0.294 e. The second-order valence-corrected chi connectivity index (χ2v) is 5.63. The number of nitrogens with zero attached hydrogens (tertiary/aromatic N) is 2. The molecule has 1 amide bonds. The van der Waals surface area contributed by atoms with E-state index >= 15 is 0 Å². The average molecular weight is 329 g/mol. The molecule has 1 N–H and O–H groups in total. The molecule has 0 aliphatic rings. The lowest BCUT2D eigenvalue weighted by Crippen LogP contribution is -2.31. The summed E-state index contributed by atoms with van der Waals surface area (Å²) in [5, 5.41) is 4.26. The van der Waals surface area contributed by atoms with Crippen molar-refractivity contribution in [2.75, 3.05) is 12.8 Å². The first-order valence-corrected chi connectivity index (χ1v) is 8.27. The summed E-state index contributed by atoms with van der Waals surface area (Å²) in [6.07, 6.45) is 6.71. The van der Waals surface area contributed by atoms with Gasteiger partial charge < -0.3 is 14.3 Å². The lowest BCUT2D eigenvalue weighted by atomic mass is 10.2. The van der Waals surface area contributed by atoms with Crippen molar-refractivity contribution < 1.29 is 9.21 Å². The SMILES string of the molecule is CSc1ncccc1C(=O)NCCn1ccc2ccoc2c1=O. The number of carbonyl (C=O) groups excluding carboxylic acids is 1. The van der Waals surface area contributed by atoms with Crippen molar-refractivity contribution in [1.29, 1.82) is 0 Å². The van der Waals surface area contributed by atoms with Crippen LogP contribution in [0, 0.1) is 0 Å². The first-order valence-electron chi connectivity index (χ1n) is 7.04. The van der Waals surface area contributed by atoms with Crippen molar-refractivity contribution in [3.8, 4) is 0 Å². The highest BCUT2D eigenvalue weighted by Crippen LogP contribution is 2.16. The molecule has 0 saturated heterocycles. The Morgan fingerprint density at radius 1 is 1.39 bits per heavy atom. The molecule has 0 aromatic carbocycles. The summed E-state index contributed by atoms with van der Waals surface area (Å²) in [5.41, 5.74) is 0.664. The Hall–Kier alpha value is -2.54. The van der Waals surface area contributed by atoms with Crippen molar-refractivity contribution in [2.24, 2.45) is 0 Å². The van der Waals surface area contributed by atoms with Gasteiger partial charge in [-0.15, -0.1) is 11.8 Å². The van der Waals surface area contributed by atoms with Gasteiger partial charge in [0.1, 0.15) is 5.03 Å². The summed E-state index contributed by atoms with van der Waals surface area (Å²) >= 11 is 1.42. The quantitative estimate of drug-likeness (QED) is 0.726. The van der Waals surface area contributed by atoms with E-state index in [0.29, 0.717) is 29.3 Å². The molecule has 0 spiro atoms. The second kappa shape index (κ2) is 6.70. The van der Waals surface area contributed by atoms with Gasteiger partial charge in [0, 0.05) is 30.9 Å². The Bertz CT molecular complexity index is 901. The maximum absolute atomic E-state index is 12.2. The number of furan rings is 1. The predicted molar refractivity (Wildman–Crippen MR) is 88.8 cm³/mol. The fraction of sp³-hybridized carbons (Fsp3) is 0.188. The van der Waals surface area contributed by atoms with Gasteiger partial charge in [0.2, 0.25) is 0 Å². The van der Waals surface area contributed by atoms with Gasteiger partial charge in [-0.1, -0.05) is 0 Å². The Morgan fingerprint density at radius 2 is 2.26 bits per heavy atom. The fourth-order valence-corrected chi connectivity index (χ4v) is 2.83. The fourth-order valence-electron chi connectivity index (χ4n) is 2.28. The Labute approximate surface area is 136 Å². The third-order valence-electron chi connectivity index (χ3n) is 3.43. The number of aromatic nitrogens is 2. The van der Waals surface area contributed by atoms with Crippen LogP contribution in [0.5, 0.6) is 0 Å². The van der Waals surface area contributed by atoms with E-state index in [2.05, 4.69) is 10.3 Å². The largest absolute Gasteiger partial charge is 0.459 e. The van der Waals surface area contributed by atoms with Crippen molar-refractivity contribution in [3.63, 3.8) is 0 Å². The normalized spacial score (nSPS) is 10.8. The van der Waals surface area contributed by atoms with Crippen molar-refractivity contribution in [1.82, 2.24) is 14.9 Å². The van der Waals surface area contributed by atoms with Gasteiger partial charge in [0.25, 0.3) is 11.5 Å². The molecule has 118 valence electrons. The molecule has 0 saturated carbocycles. The van der Waals surface area contributed by atoms with E-state index in [4.69, 9.17) is 4.42 Å². The molecule has 0 fully saturated rings. The second-order valence-electron chi connectivity index (χ2n) is 4.84. The number of pyridine rings is 2. The number of nitrogens with one attached hydrogen (secondary N) is 1. The number of hydrogen-bond acceptors (Lipinski definition) is 5. The molecule has 0 atom stereocenters. The van der Waals surface area contributed by atoms with Crippen LogP contribution < -0.4 is 10.9 Å². The van der Waals surface area contributed by atoms with Crippen LogP contribution in [0.1, 0.15) is 10.4 Å². The van der Waals surface area contributed by atoms with Gasteiger partial charge in [-0.2, -0.15) is 0 Å². The minimum absolute atomic E-state index is 0.199. The minimum Gasteiger partial charge on any atom is -0.459 e. The average Bonchev–Trinajstić information content (AvgIpc) is 3.06. The standard InChI is InChI=1S/C16H15N3O3S/c1-23-15-12(3-2-6-18-15)14(20)17-7-9-19-8-4-11-5-10-22-13(11)16(19)21/h2-6,8,10H,7,9H2,1H3,(H,17,20). The third-order valence-corrected chi connectivity index (χ3v) is 4.14. The molecule has 0 bridgehead atoms. The summed E-state index contributed by atoms with van der Waals surface area (Å²) in [7, 11) is 0. The van der Waals surface area contributed by atoms with E-state index in [0.717, 1.165) is 5.39 Å². The highest BCUT2D eigenvalue weighted by molar-refractivity contribution is 7.98. The van der Waals surface area contributed by atoms with Crippen LogP contribution >= 0.6 is 11.8 Å². The van der Waals surface area contributed by atoms with Gasteiger partial charge >= 0.3 is 0 Å². The van der Waals surface area contributed by atoms with Gasteiger partial charge in [-0.05, 0) is 30.5 Å². The first-order chi connectivity index (χ1) is 11.2. The number of rotatable bonds is 5. The lowest BCUT2D eigenvalue weighted by Gasteiger charge is -2.09. The van der Waals surface area contributed by atoms with Gasteiger partial charge in [0.05, 0.1) is 11.8 Å². The molecule has 7 heteroatoms. The molecule has 3 aromatic rings. The summed E-state index contributed by atoms with van der Waals surface area (Å²) in [6.45, 7) is 0.712. The van der Waals surface area contributed by atoms with E-state index in [1.165, 1.54) is 22.6 Å².